The molecule has 0 saturated heterocycles. The fourth-order valence-corrected chi connectivity index (χ4v) is 2.73. The highest BCUT2D eigenvalue weighted by Gasteiger charge is 2.04. The lowest BCUT2D eigenvalue weighted by atomic mass is 10.3. The van der Waals surface area contributed by atoms with E-state index in [0.29, 0.717) is 5.75 Å². The number of aromatic hydroxyl groups is 1. The van der Waals surface area contributed by atoms with Crippen LogP contribution < -0.4 is 0 Å². The standard InChI is InChI=1S/C12H10OS.C6H6O/c13-14(11-7-3-1-4-8-11)12-9-5-2-6-10-12;7-6-4-2-1-3-5-6/h1-10H;1-5,7H. The average molecular weight is 296 g/mol. The summed E-state index contributed by atoms with van der Waals surface area (Å²) in [5.74, 6) is 0.322. The second-order valence-electron chi connectivity index (χ2n) is 4.23. The van der Waals surface area contributed by atoms with Crippen LogP contribution in [0.1, 0.15) is 0 Å². The van der Waals surface area contributed by atoms with Crippen LogP contribution in [0, 0.1) is 0 Å². The Morgan fingerprint density at radius 1 is 0.571 bits per heavy atom. The molecule has 0 aliphatic heterocycles. The van der Waals surface area contributed by atoms with Crippen LogP contribution >= 0.6 is 0 Å². The third kappa shape index (κ3) is 4.89. The number of hydrogen-bond acceptors (Lipinski definition) is 2. The first-order valence-corrected chi connectivity index (χ1v) is 7.68. The first-order chi connectivity index (χ1) is 10.3. The van der Waals surface area contributed by atoms with E-state index in [4.69, 9.17) is 5.11 Å². The summed E-state index contributed by atoms with van der Waals surface area (Å²) in [5.41, 5.74) is 0. The lowest BCUT2D eigenvalue weighted by Crippen LogP contribution is -1.91. The highest BCUT2D eigenvalue weighted by molar-refractivity contribution is 7.85. The second-order valence-corrected chi connectivity index (χ2v) is 5.71. The van der Waals surface area contributed by atoms with Crippen LogP contribution in [0.3, 0.4) is 0 Å². The van der Waals surface area contributed by atoms with E-state index in [-0.39, 0.29) is 0 Å². The summed E-state index contributed by atoms with van der Waals surface area (Å²) in [4.78, 5) is 1.69. The van der Waals surface area contributed by atoms with E-state index in [1.165, 1.54) is 0 Å². The maximum absolute atomic E-state index is 12.0. The van der Waals surface area contributed by atoms with Crippen molar-refractivity contribution in [2.24, 2.45) is 0 Å². The quantitative estimate of drug-likeness (QED) is 0.767. The molecule has 3 aromatic rings. The molecular weight excluding hydrogens is 280 g/mol. The molecule has 21 heavy (non-hydrogen) atoms. The highest BCUT2D eigenvalue weighted by Crippen LogP contribution is 2.14. The lowest BCUT2D eigenvalue weighted by molar-refractivity contribution is 0.475. The zero-order valence-corrected chi connectivity index (χ0v) is 12.2. The van der Waals surface area contributed by atoms with E-state index >= 15 is 0 Å². The molecule has 0 aliphatic rings. The van der Waals surface area contributed by atoms with Gasteiger partial charge in [-0.15, -0.1) is 0 Å². The molecule has 0 fully saturated rings. The van der Waals surface area contributed by atoms with Gasteiger partial charge in [0.25, 0.3) is 0 Å². The van der Waals surface area contributed by atoms with Crippen LogP contribution in [-0.2, 0) is 10.8 Å². The van der Waals surface area contributed by atoms with E-state index in [0.717, 1.165) is 9.79 Å². The van der Waals surface area contributed by atoms with Crippen LogP contribution in [0.2, 0.25) is 0 Å². The molecule has 3 aromatic carbocycles. The van der Waals surface area contributed by atoms with Crippen molar-refractivity contribution < 1.29 is 9.32 Å². The molecule has 1 N–H and O–H groups in total. The number of phenols is 1. The Bertz CT molecular complexity index is 626. The summed E-state index contributed by atoms with van der Waals surface area (Å²) in [5, 5.41) is 8.63. The fraction of sp³-hybridized carbons (Fsp3) is 0. The van der Waals surface area contributed by atoms with Gasteiger partial charge in [-0.1, -0.05) is 54.6 Å². The molecule has 3 heteroatoms. The Morgan fingerprint density at radius 3 is 1.19 bits per heavy atom. The van der Waals surface area contributed by atoms with Crippen molar-refractivity contribution in [2.45, 2.75) is 9.79 Å². The van der Waals surface area contributed by atoms with Gasteiger partial charge in [0.15, 0.2) is 0 Å². The van der Waals surface area contributed by atoms with E-state index < -0.39 is 10.8 Å². The predicted octanol–water partition coefficient (Wildman–Crippen LogP) is 4.25. The molecule has 0 amide bonds. The fourth-order valence-electron chi connectivity index (χ4n) is 1.65. The second kappa shape index (κ2) is 8.02. The topological polar surface area (TPSA) is 37.3 Å². The largest absolute Gasteiger partial charge is 0.508 e. The average Bonchev–Trinajstić information content (AvgIpc) is 2.57. The van der Waals surface area contributed by atoms with Crippen molar-refractivity contribution in [3.05, 3.63) is 91.0 Å². The van der Waals surface area contributed by atoms with E-state index in [1.807, 2.05) is 66.7 Å². The molecule has 0 bridgehead atoms. The summed E-state index contributed by atoms with van der Waals surface area (Å²) in [6.45, 7) is 0. The number of hydrogen-bond donors (Lipinski definition) is 1. The molecule has 0 aromatic heterocycles. The molecule has 0 saturated carbocycles. The Morgan fingerprint density at radius 2 is 0.905 bits per heavy atom. The van der Waals surface area contributed by atoms with E-state index in [2.05, 4.69) is 0 Å². The van der Waals surface area contributed by atoms with Gasteiger partial charge < -0.3 is 5.11 Å². The molecular formula is C18H16O2S. The lowest BCUT2D eigenvalue weighted by Gasteiger charge is -2.00. The van der Waals surface area contributed by atoms with E-state index in [1.54, 1.807) is 24.3 Å². The molecule has 0 heterocycles. The van der Waals surface area contributed by atoms with Gasteiger partial charge >= 0.3 is 0 Å². The molecule has 0 radical (unpaired) electrons. The van der Waals surface area contributed by atoms with Crippen LogP contribution in [-0.4, -0.2) is 9.32 Å². The number of benzene rings is 3. The Kier molecular flexibility index (Phi) is 5.73. The molecule has 106 valence electrons. The summed E-state index contributed by atoms with van der Waals surface area (Å²) in [6.07, 6.45) is 0. The summed E-state index contributed by atoms with van der Waals surface area (Å²) >= 11 is 0. The van der Waals surface area contributed by atoms with Crippen molar-refractivity contribution >= 4 is 10.8 Å². The van der Waals surface area contributed by atoms with Gasteiger partial charge in [0.2, 0.25) is 0 Å². The Hall–Kier alpha value is -2.39. The van der Waals surface area contributed by atoms with Gasteiger partial charge in [-0.2, -0.15) is 0 Å². The van der Waals surface area contributed by atoms with Gasteiger partial charge in [0.1, 0.15) is 5.75 Å². The summed E-state index contributed by atoms with van der Waals surface area (Å²) < 4.78 is 12.0. The first kappa shape index (κ1) is 15.0. The SMILES string of the molecule is O=S(c1ccccc1)c1ccccc1.Oc1ccccc1. The molecule has 3 rings (SSSR count). The van der Waals surface area contributed by atoms with E-state index in [9.17, 15) is 4.21 Å². The van der Waals surface area contributed by atoms with Gasteiger partial charge in [0, 0.05) is 9.79 Å². The van der Waals surface area contributed by atoms with Crippen LogP contribution in [0.5, 0.6) is 5.75 Å². The number of para-hydroxylation sites is 1. The van der Waals surface area contributed by atoms with Crippen molar-refractivity contribution in [2.75, 3.05) is 0 Å². The molecule has 2 nitrogen and oxygen atoms in total. The molecule has 0 unspecified atom stereocenters. The van der Waals surface area contributed by atoms with Gasteiger partial charge in [0.05, 0.1) is 10.8 Å². The Labute approximate surface area is 127 Å². The molecule has 0 spiro atoms. The number of rotatable bonds is 2. The van der Waals surface area contributed by atoms with Crippen LogP contribution in [0.4, 0.5) is 0 Å². The van der Waals surface area contributed by atoms with Crippen LogP contribution in [0.15, 0.2) is 101 Å². The monoisotopic (exact) mass is 296 g/mol. The molecule has 0 aliphatic carbocycles. The van der Waals surface area contributed by atoms with Crippen molar-refractivity contribution in [3.8, 4) is 5.75 Å². The number of phenolic OH excluding ortho intramolecular Hbond substituents is 1. The molecule has 0 atom stereocenters. The van der Waals surface area contributed by atoms with Crippen molar-refractivity contribution in [3.63, 3.8) is 0 Å². The summed E-state index contributed by atoms with van der Waals surface area (Å²) in [6, 6.07) is 27.7. The summed E-state index contributed by atoms with van der Waals surface area (Å²) in [7, 11) is -1.05. The van der Waals surface area contributed by atoms with Gasteiger partial charge in [-0.3, -0.25) is 0 Å². The third-order valence-corrected chi connectivity index (χ3v) is 4.07. The highest BCUT2D eigenvalue weighted by atomic mass is 32.2. The zero-order valence-electron chi connectivity index (χ0n) is 11.4. The minimum Gasteiger partial charge on any atom is -0.508 e. The third-order valence-electron chi connectivity index (χ3n) is 2.67. The maximum Gasteiger partial charge on any atom is 0.115 e. The van der Waals surface area contributed by atoms with Crippen molar-refractivity contribution in [1.29, 1.82) is 0 Å². The predicted molar refractivity (Wildman–Crippen MR) is 85.7 cm³/mol. The van der Waals surface area contributed by atoms with Gasteiger partial charge in [-0.05, 0) is 36.4 Å². The minimum atomic E-state index is -1.05. The van der Waals surface area contributed by atoms with Gasteiger partial charge in [-0.25, -0.2) is 4.21 Å². The normalized spacial score (nSPS) is 9.76. The zero-order chi connectivity index (χ0) is 14.9. The smallest absolute Gasteiger partial charge is 0.115 e. The Balaban J connectivity index is 0.000000194. The first-order valence-electron chi connectivity index (χ1n) is 6.53. The minimum absolute atomic E-state index is 0.322. The van der Waals surface area contributed by atoms with Crippen LogP contribution in [0.25, 0.3) is 0 Å². The van der Waals surface area contributed by atoms with Crippen molar-refractivity contribution in [1.82, 2.24) is 0 Å². The maximum atomic E-state index is 12.0.